The van der Waals surface area contributed by atoms with E-state index in [0.717, 1.165) is 17.7 Å². The molecule has 0 fully saturated rings. The Morgan fingerprint density at radius 2 is 2.18 bits per heavy atom. The molecule has 1 amide bonds. The van der Waals surface area contributed by atoms with Crippen molar-refractivity contribution in [3.8, 4) is 0 Å². The predicted octanol–water partition coefficient (Wildman–Crippen LogP) is 2.32. The first-order valence-electron chi connectivity index (χ1n) is 7.04. The second kappa shape index (κ2) is 7.86. The number of carbonyl (C=O) groups excluding carboxylic acids is 1. The fourth-order valence-electron chi connectivity index (χ4n) is 2.01. The van der Waals surface area contributed by atoms with Gasteiger partial charge in [-0.25, -0.2) is 4.98 Å². The number of aromatic nitrogens is 2. The Balaban J connectivity index is 1.95. The Morgan fingerprint density at radius 1 is 1.41 bits per heavy atom. The van der Waals surface area contributed by atoms with Crippen LogP contribution < -0.4 is 10.2 Å². The number of ether oxygens (including phenoxy) is 1. The number of carbonyl (C=O) groups is 1. The predicted molar refractivity (Wildman–Crippen MR) is 88.3 cm³/mol. The summed E-state index contributed by atoms with van der Waals surface area (Å²) in [7, 11) is 3.42. The summed E-state index contributed by atoms with van der Waals surface area (Å²) < 4.78 is 9.17. The quantitative estimate of drug-likeness (QED) is 0.848. The second-order valence-electron chi connectivity index (χ2n) is 4.84. The molecule has 2 rings (SSSR count). The monoisotopic (exact) mass is 320 g/mol. The molecule has 0 saturated carbocycles. The Hall–Kier alpha value is -1.99. The molecule has 0 radical (unpaired) electrons. The maximum Gasteiger partial charge on any atom is 0.243 e. The van der Waals surface area contributed by atoms with E-state index in [4.69, 9.17) is 4.74 Å². The number of hydrogen-bond donors (Lipinski definition) is 1. The largest absolute Gasteiger partial charge is 0.377 e. The van der Waals surface area contributed by atoms with E-state index in [1.807, 2.05) is 31.3 Å². The average Bonchev–Trinajstić information content (AvgIpc) is 2.97. The van der Waals surface area contributed by atoms with E-state index in [2.05, 4.69) is 21.6 Å². The minimum absolute atomic E-state index is 0.0770. The number of para-hydroxylation sites is 1. The molecule has 0 spiro atoms. The molecule has 7 heteroatoms. The number of benzene rings is 1. The van der Waals surface area contributed by atoms with Gasteiger partial charge in [-0.05, 0) is 18.1 Å². The summed E-state index contributed by atoms with van der Waals surface area (Å²) >= 11 is 1.26. The van der Waals surface area contributed by atoms with Gasteiger partial charge in [0.25, 0.3) is 0 Å². The van der Waals surface area contributed by atoms with Crippen molar-refractivity contribution in [2.45, 2.75) is 20.0 Å². The summed E-state index contributed by atoms with van der Waals surface area (Å²) in [4.78, 5) is 18.3. The number of nitrogens with one attached hydrogen (secondary N) is 1. The number of rotatable bonds is 7. The SMILES string of the molecule is CCc1ccccc1NC(=O)CN(C)c1nc(COC)ns1. The Morgan fingerprint density at radius 3 is 2.91 bits per heavy atom. The van der Waals surface area contributed by atoms with Gasteiger partial charge < -0.3 is 15.0 Å². The smallest absolute Gasteiger partial charge is 0.243 e. The van der Waals surface area contributed by atoms with Crippen molar-refractivity contribution in [2.24, 2.45) is 0 Å². The van der Waals surface area contributed by atoms with E-state index in [0.29, 0.717) is 17.6 Å². The van der Waals surface area contributed by atoms with Crippen LogP contribution in [-0.2, 0) is 22.6 Å². The molecule has 6 nitrogen and oxygen atoms in total. The molecule has 0 unspecified atom stereocenters. The van der Waals surface area contributed by atoms with Crippen LogP contribution in [0.2, 0.25) is 0 Å². The van der Waals surface area contributed by atoms with Crippen molar-refractivity contribution in [3.63, 3.8) is 0 Å². The fourth-order valence-corrected chi connectivity index (χ4v) is 2.64. The van der Waals surface area contributed by atoms with E-state index in [9.17, 15) is 4.79 Å². The van der Waals surface area contributed by atoms with Gasteiger partial charge in [0.15, 0.2) is 5.82 Å². The minimum atomic E-state index is -0.0770. The lowest BCUT2D eigenvalue weighted by Gasteiger charge is -2.15. The zero-order valence-electron chi connectivity index (χ0n) is 13.0. The van der Waals surface area contributed by atoms with Gasteiger partial charge in [-0.3, -0.25) is 4.79 Å². The lowest BCUT2D eigenvalue weighted by atomic mass is 10.1. The van der Waals surface area contributed by atoms with Crippen molar-refractivity contribution >= 4 is 28.3 Å². The molecule has 2 aromatic rings. The molecule has 118 valence electrons. The third kappa shape index (κ3) is 4.25. The van der Waals surface area contributed by atoms with Crippen LogP contribution in [0, 0.1) is 0 Å². The average molecular weight is 320 g/mol. The summed E-state index contributed by atoms with van der Waals surface area (Å²) in [6.45, 7) is 2.66. The highest BCUT2D eigenvalue weighted by Crippen LogP contribution is 2.18. The van der Waals surface area contributed by atoms with Gasteiger partial charge in [-0.15, -0.1) is 0 Å². The summed E-state index contributed by atoms with van der Waals surface area (Å²) in [5.41, 5.74) is 1.98. The maximum atomic E-state index is 12.2. The highest BCUT2D eigenvalue weighted by atomic mass is 32.1. The van der Waals surface area contributed by atoms with Crippen molar-refractivity contribution in [1.82, 2.24) is 9.36 Å². The van der Waals surface area contributed by atoms with Gasteiger partial charge in [-0.1, -0.05) is 25.1 Å². The third-order valence-electron chi connectivity index (χ3n) is 3.11. The number of aryl methyl sites for hydroxylation is 1. The molecule has 0 aliphatic rings. The van der Waals surface area contributed by atoms with Crippen LogP contribution in [0.4, 0.5) is 10.8 Å². The maximum absolute atomic E-state index is 12.2. The van der Waals surface area contributed by atoms with Gasteiger partial charge in [0.05, 0.1) is 6.54 Å². The zero-order valence-corrected chi connectivity index (χ0v) is 13.8. The Kier molecular flexibility index (Phi) is 5.85. The Labute approximate surface area is 134 Å². The van der Waals surface area contributed by atoms with Crippen molar-refractivity contribution in [2.75, 3.05) is 30.9 Å². The van der Waals surface area contributed by atoms with Crippen LogP contribution in [0.1, 0.15) is 18.3 Å². The number of likely N-dealkylation sites (N-methyl/N-ethyl adjacent to an activating group) is 1. The summed E-state index contributed by atoms with van der Waals surface area (Å²) in [5.74, 6) is 0.554. The molecule has 0 saturated heterocycles. The van der Waals surface area contributed by atoms with Crippen LogP contribution >= 0.6 is 11.5 Å². The van der Waals surface area contributed by atoms with E-state index < -0.39 is 0 Å². The highest BCUT2D eigenvalue weighted by molar-refractivity contribution is 7.09. The highest BCUT2D eigenvalue weighted by Gasteiger charge is 2.13. The number of hydrogen-bond acceptors (Lipinski definition) is 6. The molecular weight excluding hydrogens is 300 g/mol. The molecule has 1 N–H and O–H groups in total. The van der Waals surface area contributed by atoms with Crippen LogP contribution in [0.3, 0.4) is 0 Å². The molecule has 1 aromatic heterocycles. The molecule has 22 heavy (non-hydrogen) atoms. The topological polar surface area (TPSA) is 67.4 Å². The van der Waals surface area contributed by atoms with Gasteiger partial charge in [-0.2, -0.15) is 4.37 Å². The van der Waals surface area contributed by atoms with Crippen LogP contribution in [0.15, 0.2) is 24.3 Å². The van der Waals surface area contributed by atoms with Gasteiger partial charge >= 0.3 is 0 Å². The van der Waals surface area contributed by atoms with E-state index in [1.165, 1.54) is 11.5 Å². The van der Waals surface area contributed by atoms with Crippen molar-refractivity contribution in [1.29, 1.82) is 0 Å². The standard InChI is InChI=1S/C15H20N4O2S/c1-4-11-7-5-6-8-12(11)16-14(20)9-19(2)15-17-13(10-21-3)18-22-15/h5-8H,4,9-10H2,1-3H3,(H,16,20). The molecule has 1 aromatic carbocycles. The first-order valence-corrected chi connectivity index (χ1v) is 7.81. The van der Waals surface area contributed by atoms with Gasteiger partial charge in [0, 0.05) is 31.4 Å². The minimum Gasteiger partial charge on any atom is -0.377 e. The number of methoxy groups -OCH3 is 1. The molecule has 0 bridgehead atoms. The first-order chi connectivity index (χ1) is 10.6. The second-order valence-corrected chi connectivity index (χ2v) is 5.57. The van der Waals surface area contributed by atoms with Crippen LogP contribution in [-0.4, -0.2) is 36.0 Å². The fraction of sp³-hybridized carbons (Fsp3) is 0.400. The number of anilines is 2. The zero-order chi connectivity index (χ0) is 15.9. The summed E-state index contributed by atoms with van der Waals surface area (Å²) in [5, 5.41) is 3.65. The molecule has 0 aliphatic heterocycles. The molecule has 0 atom stereocenters. The van der Waals surface area contributed by atoms with Crippen LogP contribution in [0.25, 0.3) is 0 Å². The van der Waals surface area contributed by atoms with Gasteiger partial charge in [0.1, 0.15) is 6.61 Å². The van der Waals surface area contributed by atoms with E-state index in [1.54, 1.807) is 12.0 Å². The lowest BCUT2D eigenvalue weighted by molar-refractivity contribution is -0.114. The van der Waals surface area contributed by atoms with Crippen LogP contribution in [0.5, 0.6) is 0 Å². The van der Waals surface area contributed by atoms with E-state index in [-0.39, 0.29) is 12.5 Å². The number of amides is 1. The first kappa shape index (κ1) is 16.4. The molecular formula is C15H20N4O2S. The van der Waals surface area contributed by atoms with Gasteiger partial charge in [0.2, 0.25) is 11.0 Å². The normalized spacial score (nSPS) is 10.5. The van der Waals surface area contributed by atoms with E-state index >= 15 is 0 Å². The van der Waals surface area contributed by atoms with Crippen molar-refractivity contribution < 1.29 is 9.53 Å². The Bertz CT molecular complexity index is 630. The number of nitrogens with zero attached hydrogens (tertiary/aromatic N) is 3. The third-order valence-corrected chi connectivity index (χ3v) is 3.98. The molecule has 1 heterocycles. The lowest BCUT2D eigenvalue weighted by Crippen LogP contribution is -2.30. The molecule has 0 aliphatic carbocycles. The summed E-state index contributed by atoms with van der Waals surface area (Å²) in [6.07, 6.45) is 0.878. The summed E-state index contributed by atoms with van der Waals surface area (Å²) in [6, 6.07) is 7.82. The van der Waals surface area contributed by atoms with Crippen molar-refractivity contribution in [3.05, 3.63) is 35.7 Å².